The van der Waals surface area contributed by atoms with Gasteiger partial charge in [-0.05, 0) is 33.5 Å². The van der Waals surface area contributed by atoms with E-state index in [-0.39, 0.29) is 5.41 Å². The van der Waals surface area contributed by atoms with Crippen molar-refractivity contribution in [1.82, 2.24) is 0 Å². The van der Waals surface area contributed by atoms with E-state index in [4.69, 9.17) is 0 Å². The van der Waals surface area contributed by atoms with Crippen LogP contribution in [0.15, 0.2) is 15.9 Å². The summed E-state index contributed by atoms with van der Waals surface area (Å²) < 4.78 is 1.20. The topological polar surface area (TPSA) is 0 Å². The van der Waals surface area contributed by atoms with Crippen molar-refractivity contribution in [1.29, 1.82) is 0 Å². The monoisotopic (exact) mass is 310 g/mol. The van der Waals surface area contributed by atoms with Crippen molar-refractivity contribution in [3.05, 3.63) is 20.8 Å². The van der Waals surface area contributed by atoms with E-state index in [9.17, 15) is 0 Å². The molecule has 0 nitrogen and oxygen atoms in total. The summed E-state index contributed by atoms with van der Waals surface area (Å²) in [7, 11) is 0. The largest absolute Gasteiger partial charge is 0.132 e. The Morgan fingerprint density at radius 3 is 2.25 bits per heavy atom. The van der Waals surface area contributed by atoms with E-state index in [1.807, 2.05) is 0 Å². The molecule has 1 aromatic rings. The second kappa shape index (κ2) is 3.81. The Bertz CT molecular complexity index is 260. The van der Waals surface area contributed by atoms with Crippen molar-refractivity contribution in [2.24, 2.45) is 5.41 Å². The van der Waals surface area contributed by atoms with Gasteiger partial charge in [-0.3, -0.25) is 0 Å². The third-order valence-electron chi connectivity index (χ3n) is 1.60. The molecule has 0 N–H and O–H groups in total. The highest BCUT2D eigenvalue weighted by atomic mass is 79.9. The Morgan fingerprint density at radius 2 is 1.92 bits per heavy atom. The molecule has 0 aliphatic rings. The second-order valence-corrected chi connectivity index (χ2v) is 7.28. The summed E-state index contributed by atoms with van der Waals surface area (Å²) in [5.41, 5.74) is 0.282. The van der Waals surface area contributed by atoms with Crippen molar-refractivity contribution < 1.29 is 0 Å². The lowest BCUT2D eigenvalue weighted by molar-refractivity contribution is 0.411. The van der Waals surface area contributed by atoms with Crippen LogP contribution in [0.2, 0.25) is 0 Å². The van der Waals surface area contributed by atoms with Gasteiger partial charge in [-0.2, -0.15) is 0 Å². The van der Waals surface area contributed by atoms with Crippen LogP contribution in [-0.4, -0.2) is 0 Å². The van der Waals surface area contributed by atoms with Gasteiger partial charge in [0, 0.05) is 4.88 Å². The van der Waals surface area contributed by atoms with Gasteiger partial charge in [-0.1, -0.05) is 36.7 Å². The number of thiophene rings is 1. The van der Waals surface area contributed by atoms with Crippen molar-refractivity contribution in [3.63, 3.8) is 0 Å². The minimum atomic E-state index is 0.282. The summed E-state index contributed by atoms with van der Waals surface area (Å²) in [4.78, 5) is 1.83. The van der Waals surface area contributed by atoms with Crippen LogP contribution >= 0.6 is 43.2 Å². The number of alkyl halides is 1. The highest BCUT2D eigenvalue weighted by Gasteiger charge is 2.24. The molecule has 0 saturated heterocycles. The predicted octanol–water partition coefficient (Wildman–Crippen LogP) is 4.99. The molecule has 1 atom stereocenters. The molecule has 0 amide bonds. The number of halogens is 2. The fourth-order valence-electron chi connectivity index (χ4n) is 0.891. The van der Waals surface area contributed by atoms with Gasteiger partial charge in [0.2, 0.25) is 0 Å². The van der Waals surface area contributed by atoms with Gasteiger partial charge in [-0.25, -0.2) is 0 Å². The summed E-state index contributed by atoms with van der Waals surface area (Å²) in [5.74, 6) is 0. The van der Waals surface area contributed by atoms with Gasteiger partial charge < -0.3 is 0 Å². The molecule has 12 heavy (non-hydrogen) atoms. The second-order valence-electron chi connectivity index (χ2n) is 3.87. The lowest BCUT2D eigenvalue weighted by atomic mass is 9.91. The summed E-state index contributed by atoms with van der Waals surface area (Å²) in [6.07, 6.45) is 0. The third-order valence-corrected chi connectivity index (χ3v) is 5.46. The van der Waals surface area contributed by atoms with E-state index in [0.29, 0.717) is 4.83 Å². The summed E-state index contributed by atoms with van der Waals surface area (Å²) in [6, 6.07) is 4.26. The molecule has 1 aromatic heterocycles. The number of rotatable bonds is 1. The smallest absolute Gasteiger partial charge is 0.0701 e. The zero-order valence-electron chi connectivity index (χ0n) is 7.40. The molecular formula is C9H12Br2S. The highest BCUT2D eigenvalue weighted by molar-refractivity contribution is 9.11. The Hall–Kier alpha value is 0.660. The van der Waals surface area contributed by atoms with Gasteiger partial charge in [0.15, 0.2) is 0 Å². The molecule has 0 radical (unpaired) electrons. The van der Waals surface area contributed by atoms with Crippen LogP contribution in [-0.2, 0) is 0 Å². The Balaban J connectivity index is 2.85. The van der Waals surface area contributed by atoms with Gasteiger partial charge in [0.1, 0.15) is 0 Å². The summed E-state index contributed by atoms with van der Waals surface area (Å²) in [5, 5.41) is 0. The molecular weight excluding hydrogens is 300 g/mol. The summed E-state index contributed by atoms with van der Waals surface area (Å²) in [6.45, 7) is 6.71. The molecule has 1 heterocycles. The lowest BCUT2D eigenvalue weighted by Crippen LogP contribution is -2.11. The van der Waals surface area contributed by atoms with Crippen molar-refractivity contribution in [3.8, 4) is 0 Å². The molecule has 1 rings (SSSR count). The molecule has 1 unspecified atom stereocenters. The van der Waals surface area contributed by atoms with E-state index < -0.39 is 0 Å². The van der Waals surface area contributed by atoms with E-state index >= 15 is 0 Å². The molecule has 3 heteroatoms. The summed E-state index contributed by atoms with van der Waals surface area (Å²) >= 11 is 8.97. The zero-order chi connectivity index (χ0) is 9.35. The normalized spacial score (nSPS) is 14.8. The van der Waals surface area contributed by atoms with Crippen LogP contribution in [0, 0.1) is 5.41 Å². The van der Waals surface area contributed by atoms with Crippen LogP contribution in [0.3, 0.4) is 0 Å². The first kappa shape index (κ1) is 10.7. The van der Waals surface area contributed by atoms with E-state index in [0.717, 1.165) is 0 Å². The first-order valence-electron chi connectivity index (χ1n) is 3.80. The maximum atomic E-state index is 3.71. The maximum absolute atomic E-state index is 3.71. The molecule has 68 valence electrons. The van der Waals surface area contributed by atoms with E-state index in [2.05, 4.69) is 64.8 Å². The van der Waals surface area contributed by atoms with E-state index in [1.165, 1.54) is 8.66 Å². The Kier molecular flexibility index (Phi) is 3.41. The third kappa shape index (κ3) is 2.57. The minimum absolute atomic E-state index is 0.282. The van der Waals surface area contributed by atoms with Gasteiger partial charge in [0.25, 0.3) is 0 Å². The van der Waals surface area contributed by atoms with E-state index in [1.54, 1.807) is 11.3 Å². The fraction of sp³-hybridized carbons (Fsp3) is 0.556. The van der Waals surface area contributed by atoms with Crippen molar-refractivity contribution >= 4 is 43.2 Å². The average Bonchev–Trinajstić information content (AvgIpc) is 2.32. The molecule has 0 saturated carbocycles. The fourth-order valence-corrected chi connectivity index (χ4v) is 2.97. The van der Waals surface area contributed by atoms with Crippen molar-refractivity contribution in [2.75, 3.05) is 0 Å². The number of hydrogen-bond acceptors (Lipinski definition) is 1. The van der Waals surface area contributed by atoms with Crippen molar-refractivity contribution in [2.45, 2.75) is 25.6 Å². The Morgan fingerprint density at radius 1 is 1.33 bits per heavy atom. The zero-order valence-corrected chi connectivity index (χ0v) is 11.4. The van der Waals surface area contributed by atoms with Gasteiger partial charge in [-0.15, -0.1) is 11.3 Å². The molecule has 0 bridgehead atoms. The van der Waals surface area contributed by atoms with Crippen LogP contribution in [0.5, 0.6) is 0 Å². The SMILES string of the molecule is CC(C)(C)C(Br)c1ccc(Br)s1. The van der Waals surface area contributed by atoms with Crippen LogP contribution in [0.1, 0.15) is 30.5 Å². The first-order valence-corrected chi connectivity index (χ1v) is 6.33. The minimum Gasteiger partial charge on any atom is -0.132 e. The standard InChI is InChI=1S/C9H12Br2S/c1-9(2,3)8(11)6-4-5-7(10)12-6/h4-5,8H,1-3H3. The number of hydrogen-bond donors (Lipinski definition) is 0. The Labute approximate surface area is 94.6 Å². The predicted molar refractivity (Wildman–Crippen MR) is 63.1 cm³/mol. The quantitative estimate of drug-likeness (QED) is 0.641. The molecule has 0 aromatic carbocycles. The van der Waals surface area contributed by atoms with Gasteiger partial charge in [0.05, 0.1) is 8.61 Å². The lowest BCUT2D eigenvalue weighted by Gasteiger charge is -2.24. The average molecular weight is 312 g/mol. The highest BCUT2D eigenvalue weighted by Crippen LogP contribution is 2.43. The maximum Gasteiger partial charge on any atom is 0.0701 e. The molecule has 0 aliphatic heterocycles. The van der Waals surface area contributed by atoms with Crippen LogP contribution in [0.25, 0.3) is 0 Å². The van der Waals surface area contributed by atoms with Crippen LogP contribution < -0.4 is 0 Å². The molecule has 0 aliphatic carbocycles. The first-order chi connectivity index (χ1) is 5.41. The molecule has 0 fully saturated rings. The van der Waals surface area contributed by atoms with Gasteiger partial charge >= 0.3 is 0 Å². The molecule has 0 spiro atoms. The van der Waals surface area contributed by atoms with Crippen LogP contribution in [0.4, 0.5) is 0 Å².